The SMILES string of the molecule is CC/C=C\C/C=C\C/C=C\C/C=C\C/C=C\C/C=C\C/C=C\CCCCCCCCCC(=O)OC(COC(=O)CCCCCCCCCCCCCCCC)COP(=O)([O-])OCC[N+](C)(C)C. The summed E-state index contributed by atoms with van der Waals surface area (Å²) >= 11 is 0. The first-order chi connectivity index (χ1) is 32.5. The highest BCUT2D eigenvalue weighted by atomic mass is 31.2. The molecule has 0 aromatic carbocycles. The van der Waals surface area contributed by atoms with Gasteiger partial charge in [-0.05, 0) is 70.6 Å². The molecule has 386 valence electrons. The van der Waals surface area contributed by atoms with Crippen LogP contribution in [-0.4, -0.2) is 70.0 Å². The van der Waals surface area contributed by atoms with Gasteiger partial charge in [-0.2, -0.15) is 0 Å². The number of carbonyl (C=O) groups is 2. The Morgan fingerprint density at radius 1 is 0.478 bits per heavy atom. The third kappa shape index (κ3) is 52.4. The molecule has 0 saturated carbocycles. The number of unbranched alkanes of at least 4 members (excludes halogenated alkanes) is 20. The van der Waals surface area contributed by atoms with Gasteiger partial charge in [-0.1, -0.05) is 214 Å². The molecule has 0 aliphatic heterocycles. The van der Waals surface area contributed by atoms with Gasteiger partial charge in [0.15, 0.2) is 6.10 Å². The lowest BCUT2D eigenvalue weighted by molar-refractivity contribution is -0.870. The summed E-state index contributed by atoms with van der Waals surface area (Å²) in [5.41, 5.74) is 0. The molecular weight excluding hydrogens is 858 g/mol. The highest BCUT2D eigenvalue weighted by Crippen LogP contribution is 2.38. The van der Waals surface area contributed by atoms with E-state index in [1.807, 2.05) is 21.1 Å². The van der Waals surface area contributed by atoms with Gasteiger partial charge in [-0.15, -0.1) is 0 Å². The van der Waals surface area contributed by atoms with Crippen LogP contribution in [0.2, 0.25) is 0 Å². The Balaban J connectivity index is 4.23. The van der Waals surface area contributed by atoms with Crippen LogP contribution in [0.25, 0.3) is 0 Å². The molecular formula is C57H100NO8P. The van der Waals surface area contributed by atoms with E-state index in [9.17, 15) is 19.0 Å². The summed E-state index contributed by atoms with van der Waals surface area (Å²) in [7, 11) is 1.15. The quantitative estimate of drug-likeness (QED) is 0.0195. The lowest BCUT2D eigenvalue weighted by Gasteiger charge is -2.28. The lowest BCUT2D eigenvalue weighted by atomic mass is 10.0. The molecule has 10 heteroatoms. The molecule has 0 radical (unpaired) electrons. The van der Waals surface area contributed by atoms with E-state index in [0.29, 0.717) is 17.4 Å². The molecule has 0 heterocycles. The Labute approximate surface area is 411 Å². The van der Waals surface area contributed by atoms with Crippen LogP contribution >= 0.6 is 7.82 Å². The summed E-state index contributed by atoms with van der Waals surface area (Å²) in [5.74, 6) is -0.847. The van der Waals surface area contributed by atoms with Crippen molar-refractivity contribution in [3.63, 3.8) is 0 Å². The second kappa shape index (κ2) is 48.2. The molecule has 0 aromatic heterocycles. The second-order valence-electron chi connectivity index (χ2n) is 18.9. The minimum atomic E-state index is -4.64. The minimum Gasteiger partial charge on any atom is -0.756 e. The molecule has 67 heavy (non-hydrogen) atoms. The van der Waals surface area contributed by atoms with Crippen molar-refractivity contribution in [1.29, 1.82) is 0 Å². The number of hydrogen-bond donors (Lipinski definition) is 0. The van der Waals surface area contributed by atoms with Crippen molar-refractivity contribution in [3.8, 4) is 0 Å². The average molecular weight is 958 g/mol. The van der Waals surface area contributed by atoms with E-state index >= 15 is 0 Å². The number of rotatable bonds is 48. The van der Waals surface area contributed by atoms with E-state index in [1.54, 1.807) is 0 Å². The highest BCUT2D eigenvalue weighted by molar-refractivity contribution is 7.45. The van der Waals surface area contributed by atoms with E-state index in [4.69, 9.17) is 18.5 Å². The van der Waals surface area contributed by atoms with Crippen molar-refractivity contribution < 1.29 is 42.1 Å². The van der Waals surface area contributed by atoms with Gasteiger partial charge in [-0.3, -0.25) is 14.2 Å². The number of quaternary nitrogens is 1. The van der Waals surface area contributed by atoms with E-state index in [1.165, 1.54) is 89.9 Å². The smallest absolute Gasteiger partial charge is 0.306 e. The van der Waals surface area contributed by atoms with Crippen molar-refractivity contribution in [2.24, 2.45) is 0 Å². The monoisotopic (exact) mass is 958 g/mol. The molecule has 0 aliphatic carbocycles. The molecule has 9 nitrogen and oxygen atoms in total. The minimum absolute atomic E-state index is 0.0360. The fourth-order valence-electron chi connectivity index (χ4n) is 7.05. The largest absolute Gasteiger partial charge is 0.756 e. The predicted molar refractivity (Wildman–Crippen MR) is 282 cm³/mol. The Kier molecular flexibility index (Phi) is 46.2. The summed E-state index contributed by atoms with van der Waals surface area (Å²) in [6.07, 6.45) is 63.3. The van der Waals surface area contributed by atoms with Crippen molar-refractivity contribution in [1.82, 2.24) is 0 Å². The van der Waals surface area contributed by atoms with E-state index in [0.717, 1.165) is 89.9 Å². The molecule has 0 fully saturated rings. The molecule has 2 unspecified atom stereocenters. The van der Waals surface area contributed by atoms with Crippen LogP contribution in [-0.2, 0) is 32.7 Å². The number of allylic oxidation sites excluding steroid dienone is 14. The molecule has 0 bridgehead atoms. The first-order valence-corrected chi connectivity index (χ1v) is 28.3. The predicted octanol–water partition coefficient (Wildman–Crippen LogP) is 15.7. The summed E-state index contributed by atoms with van der Waals surface area (Å²) in [4.78, 5) is 37.7. The van der Waals surface area contributed by atoms with E-state index in [2.05, 4.69) is 98.9 Å². The zero-order valence-electron chi connectivity index (χ0n) is 43.6. The van der Waals surface area contributed by atoms with Gasteiger partial charge in [0.2, 0.25) is 0 Å². The summed E-state index contributed by atoms with van der Waals surface area (Å²) in [6, 6.07) is 0. The maximum Gasteiger partial charge on any atom is 0.306 e. The number of phosphoric ester groups is 1. The molecule has 0 aromatic rings. The molecule has 0 amide bonds. The van der Waals surface area contributed by atoms with Gasteiger partial charge >= 0.3 is 11.9 Å². The van der Waals surface area contributed by atoms with Gasteiger partial charge < -0.3 is 27.9 Å². The van der Waals surface area contributed by atoms with Crippen molar-refractivity contribution in [2.75, 3.05) is 47.5 Å². The third-order valence-electron chi connectivity index (χ3n) is 11.2. The zero-order valence-corrected chi connectivity index (χ0v) is 44.5. The van der Waals surface area contributed by atoms with Gasteiger partial charge in [-0.25, -0.2) is 0 Å². The molecule has 0 spiro atoms. The van der Waals surface area contributed by atoms with Crippen LogP contribution in [0.3, 0.4) is 0 Å². The molecule has 0 N–H and O–H groups in total. The number of hydrogen-bond acceptors (Lipinski definition) is 8. The maximum absolute atomic E-state index is 12.8. The Morgan fingerprint density at radius 3 is 1.27 bits per heavy atom. The van der Waals surface area contributed by atoms with Gasteiger partial charge in [0, 0.05) is 12.8 Å². The molecule has 0 rings (SSSR count). The fourth-order valence-corrected chi connectivity index (χ4v) is 7.78. The van der Waals surface area contributed by atoms with Gasteiger partial charge in [0.05, 0.1) is 27.7 Å². The number of likely N-dealkylation sites (N-methyl/N-ethyl adjacent to an activating group) is 1. The van der Waals surface area contributed by atoms with Crippen molar-refractivity contribution >= 4 is 19.8 Å². The molecule has 2 atom stereocenters. The topological polar surface area (TPSA) is 111 Å². The standard InChI is InChI=1S/C57H100NO8P/c1-6-8-10-12-14-16-18-20-22-23-24-25-26-27-28-29-30-31-32-33-34-35-36-38-40-42-44-46-48-50-57(60)66-55(54-65-67(61,62)64-52-51-58(3,4)5)53-63-56(59)49-47-45-43-41-39-37-21-19-17-15-13-11-9-7-2/h8,10,14,16,20,22,24-25,27-28,30-31,33-34,55H,6-7,9,11-13,15,17-19,21,23,26,29,32,35-54H2,1-5H3/b10-8-,16-14-,22-20-,25-24-,28-27-,31-30-,34-33-. The Morgan fingerprint density at radius 2 is 0.851 bits per heavy atom. The number of phosphoric acid groups is 1. The van der Waals surface area contributed by atoms with Crippen LogP contribution in [0.4, 0.5) is 0 Å². The Hall–Kier alpha value is -2.81. The zero-order chi connectivity index (χ0) is 49.2. The van der Waals surface area contributed by atoms with Gasteiger partial charge in [0.1, 0.15) is 19.8 Å². The van der Waals surface area contributed by atoms with Crippen LogP contribution in [0.5, 0.6) is 0 Å². The Bertz CT molecular complexity index is 1410. The van der Waals surface area contributed by atoms with Crippen LogP contribution in [0, 0.1) is 0 Å². The average Bonchev–Trinajstić information content (AvgIpc) is 3.29. The first-order valence-electron chi connectivity index (χ1n) is 26.8. The molecule has 0 saturated heterocycles. The van der Waals surface area contributed by atoms with Gasteiger partial charge in [0.25, 0.3) is 7.82 Å². The van der Waals surface area contributed by atoms with Crippen molar-refractivity contribution in [3.05, 3.63) is 85.1 Å². The summed E-state index contributed by atoms with van der Waals surface area (Å²) in [6.45, 7) is 4.11. The number of carbonyl (C=O) groups excluding carboxylic acids is 2. The third-order valence-corrected chi connectivity index (χ3v) is 12.1. The lowest BCUT2D eigenvalue weighted by Crippen LogP contribution is -2.37. The number of esters is 2. The van der Waals surface area contributed by atoms with E-state index in [-0.39, 0.29) is 32.0 Å². The van der Waals surface area contributed by atoms with Crippen LogP contribution in [0.15, 0.2) is 85.1 Å². The highest BCUT2D eigenvalue weighted by Gasteiger charge is 2.21. The van der Waals surface area contributed by atoms with Crippen LogP contribution < -0.4 is 4.89 Å². The number of ether oxygens (including phenoxy) is 2. The fraction of sp³-hybridized carbons (Fsp3) is 0.719. The van der Waals surface area contributed by atoms with E-state index < -0.39 is 26.5 Å². The summed E-state index contributed by atoms with van der Waals surface area (Å²) in [5, 5.41) is 0. The first kappa shape index (κ1) is 64.2. The van der Waals surface area contributed by atoms with Crippen LogP contribution in [0.1, 0.15) is 213 Å². The second-order valence-corrected chi connectivity index (χ2v) is 20.3. The molecule has 0 aliphatic rings. The summed E-state index contributed by atoms with van der Waals surface area (Å²) < 4.78 is 34.0. The maximum atomic E-state index is 12.8. The number of nitrogens with zero attached hydrogens (tertiary/aromatic N) is 1. The van der Waals surface area contributed by atoms with Crippen molar-refractivity contribution in [2.45, 2.75) is 219 Å². The normalized spacial score (nSPS) is 14.1.